The van der Waals surface area contributed by atoms with Gasteiger partial charge < -0.3 is 19.3 Å². The number of fused-ring (bicyclic) bond motifs is 1. The van der Waals surface area contributed by atoms with Gasteiger partial charge in [0.25, 0.3) is 0 Å². The summed E-state index contributed by atoms with van der Waals surface area (Å²) in [5, 5.41) is 0. The molecule has 0 N–H and O–H groups in total. The zero-order chi connectivity index (χ0) is 14.0. The Bertz CT molecular complexity index is 483. The van der Waals surface area contributed by atoms with E-state index in [-0.39, 0.29) is 5.41 Å². The van der Waals surface area contributed by atoms with Crippen LogP contribution in [0.3, 0.4) is 0 Å². The maximum atomic E-state index is 11.6. The van der Waals surface area contributed by atoms with Gasteiger partial charge in [-0.3, -0.25) is 0 Å². The van der Waals surface area contributed by atoms with Crippen LogP contribution in [0.15, 0.2) is 24.3 Å². The summed E-state index contributed by atoms with van der Waals surface area (Å²) < 4.78 is 5.42. The van der Waals surface area contributed by atoms with Crippen LogP contribution in [0.2, 0.25) is 0 Å². The number of likely N-dealkylation sites (N-methyl/N-ethyl adjacent to an activating group) is 1. The van der Waals surface area contributed by atoms with Crippen LogP contribution in [0, 0.1) is 5.41 Å². The van der Waals surface area contributed by atoms with Crippen LogP contribution in [0.4, 0.5) is 11.4 Å². The number of hydrogen-bond acceptors (Lipinski definition) is 4. The van der Waals surface area contributed by atoms with E-state index in [0.29, 0.717) is 13.2 Å². The molecule has 0 amide bonds. The highest BCUT2D eigenvalue weighted by atomic mass is 16.5. The van der Waals surface area contributed by atoms with Crippen molar-refractivity contribution in [3.8, 4) is 0 Å². The first-order chi connectivity index (χ1) is 9.74. The Morgan fingerprint density at radius 2 is 1.90 bits per heavy atom. The summed E-state index contributed by atoms with van der Waals surface area (Å²) in [5.41, 5.74) is 2.27. The summed E-state index contributed by atoms with van der Waals surface area (Å²) in [6.07, 6.45) is 2.84. The molecule has 1 aromatic rings. The van der Waals surface area contributed by atoms with Gasteiger partial charge in [-0.15, -0.1) is 0 Å². The molecule has 4 heteroatoms. The second-order valence-electron chi connectivity index (χ2n) is 5.92. The number of aldehydes is 1. The molecule has 1 fully saturated rings. The number of benzene rings is 1. The van der Waals surface area contributed by atoms with E-state index in [9.17, 15) is 4.79 Å². The third kappa shape index (κ3) is 2.40. The van der Waals surface area contributed by atoms with E-state index in [0.717, 1.165) is 38.8 Å². The predicted molar refractivity (Wildman–Crippen MR) is 80.5 cm³/mol. The molecule has 0 radical (unpaired) electrons. The van der Waals surface area contributed by atoms with Crippen molar-refractivity contribution in [1.82, 2.24) is 0 Å². The molecule has 108 valence electrons. The van der Waals surface area contributed by atoms with Crippen LogP contribution < -0.4 is 9.80 Å². The number of carbonyl (C=O) groups is 1. The van der Waals surface area contributed by atoms with E-state index in [4.69, 9.17) is 4.74 Å². The van der Waals surface area contributed by atoms with Crippen molar-refractivity contribution in [3.05, 3.63) is 24.3 Å². The van der Waals surface area contributed by atoms with E-state index in [1.54, 1.807) is 0 Å². The lowest BCUT2D eigenvalue weighted by molar-refractivity contribution is -0.120. The van der Waals surface area contributed by atoms with Gasteiger partial charge in [0, 0.05) is 45.3 Å². The topological polar surface area (TPSA) is 32.8 Å². The molecule has 1 saturated heterocycles. The van der Waals surface area contributed by atoms with Crippen molar-refractivity contribution in [3.63, 3.8) is 0 Å². The molecular weight excluding hydrogens is 252 g/mol. The Labute approximate surface area is 120 Å². The maximum Gasteiger partial charge on any atom is 0.128 e. The molecule has 0 spiro atoms. The van der Waals surface area contributed by atoms with Gasteiger partial charge in [0.1, 0.15) is 6.29 Å². The summed E-state index contributed by atoms with van der Waals surface area (Å²) in [5.74, 6) is 0. The van der Waals surface area contributed by atoms with Crippen LogP contribution in [0.5, 0.6) is 0 Å². The highest BCUT2D eigenvalue weighted by Crippen LogP contribution is 2.36. The van der Waals surface area contributed by atoms with Gasteiger partial charge in [-0.05, 0) is 25.0 Å². The molecule has 3 rings (SSSR count). The Kier molecular flexibility index (Phi) is 3.66. The lowest BCUT2D eigenvalue weighted by Gasteiger charge is -2.42. The summed E-state index contributed by atoms with van der Waals surface area (Å²) in [6, 6.07) is 8.45. The number of ether oxygens (including phenoxy) is 1. The molecule has 0 aliphatic carbocycles. The molecule has 2 heterocycles. The Balaban J connectivity index is 1.84. The number of rotatable bonds is 3. The minimum Gasteiger partial charge on any atom is -0.381 e. The lowest BCUT2D eigenvalue weighted by atomic mass is 9.81. The molecule has 0 aromatic heterocycles. The summed E-state index contributed by atoms with van der Waals surface area (Å²) in [4.78, 5) is 16.3. The number of para-hydroxylation sites is 2. The molecule has 20 heavy (non-hydrogen) atoms. The summed E-state index contributed by atoms with van der Waals surface area (Å²) >= 11 is 0. The van der Waals surface area contributed by atoms with Crippen molar-refractivity contribution in [2.24, 2.45) is 5.41 Å². The van der Waals surface area contributed by atoms with Crippen LogP contribution in [-0.2, 0) is 9.53 Å². The van der Waals surface area contributed by atoms with Crippen LogP contribution >= 0.6 is 0 Å². The van der Waals surface area contributed by atoms with Crippen molar-refractivity contribution < 1.29 is 9.53 Å². The first kappa shape index (κ1) is 13.4. The van der Waals surface area contributed by atoms with E-state index in [2.05, 4.69) is 41.1 Å². The number of hydrogen-bond donors (Lipinski definition) is 0. The Hall–Kier alpha value is -1.55. The van der Waals surface area contributed by atoms with Gasteiger partial charge >= 0.3 is 0 Å². The molecule has 0 unspecified atom stereocenters. The quantitative estimate of drug-likeness (QED) is 0.789. The third-order valence-corrected chi connectivity index (χ3v) is 4.58. The third-order valence-electron chi connectivity index (χ3n) is 4.58. The van der Waals surface area contributed by atoms with Gasteiger partial charge in [0.05, 0.1) is 11.4 Å². The maximum absolute atomic E-state index is 11.6. The average Bonchev–Trinajstić information content (AvgIpc) is 2.51. The molecular formula is C16H22N2O2. The van der Waals surface area contributed by atoms with Crippen molar-refractivity contribution in [2.75, 3.05) is 49.7 Å². The zero-order valence-electron chi connectivity index (χ0n) is 12.0. The molecule has 0 atom stereocenters. The van der Waals surface area contributed by atoms with Gasteiger partial charge in [0.15, 0.2) is 0 Å². The van der Waals surface area contributed by atoms with Crippen molar-refractivity contribution in [2.45, 2.75) is 12.8 Å². The molecule has 0 bridgehead atoms. The highest BCUT2D eigenvalue weighted by Gasteiger charge is 2.35. The molecule has 4 nitrogen and oxygen atoms in total. The largest absolute Gasteiger partial charge is 0.381 e. The second kappa shape index (κ2) is 5.44. The fraction of sp³-hybridized carbons (Fsp3) is 0.562. The monoisotopic (exact) mass is 274 g/mol. The van der Waals surface area contributed by atoms with Gasteiger partial charge in [0.2, 0.25) is 0 Å². The normalized spacial score (nSPS) is 21.4. The van der Waals surface area contributed by atoms with E-state index < -0.39 is 0 Å². The van der Waals surface area contributed by atoms with E-state index in [1.807, 2.05) is 0 Å². The fourth-order valence-corrected chi connectivity index (χ4v) is 3.20. The number of anilines is 2. The van der Waals surface area contributed by atoms with Gasteiger partial charge in [-0.2, -0.15) is 0 Å². The average molecular weight is 274 g/mol. The van der Waals surface area contributed by atoms with Crippen molar-refractivity contribution in [1.29, 1.82) is 0 Å². The number of nitrogens with zero attached hydrogens (tertiary/aromatic N) is 2. The van der Waals surface area contributed by atoms with Crippen LogP contribution in [-0.4, -0.2) is 46.2 Å². The summed E-state index contributed by atoms with van der Waals surface area (Å²) in [7, 11) is 2.13. The standard InChI is InChI=1S/C16H22N2O2/c1-17-8-9-18(15-5-3-2-4-14(15)17)12-16(13-19)6-10-20-11-7-16/h2-5,13H,6-12H2,1H3. The van der Waals surface area contributed by atoms with Gasteiger partial charge in [-0.25, -0.2) is 0 Å². The molecule has 0 saturated carbocycles. The molecule has 2 aliphatic rings. The van der Waals surface area contributed by atoms with E-state index >= 15 is 0 Å². The van der Waals surface area contributed by atoms with Crippen molar-refractivity contribution >= 4 is 17.7 Å². The highest BCUT2D eigenvalue weighted by molar-refractivity contribution is 5.74. The smallest absolute Gasteiger partial charge is 0.128 e. The minimum absolute atomic E-state index is 0.235. The Morgan fingerprint density at radius 1 is 1.20 bits per heavy atom. The second-order valence-corrected chi connectivity index (χ2v) is 5.92. The first-order valence-corrected chi connectivity index (χ1v) is 7.33. The zero-order valence-corrected chi connectivity index (χ0v) is 12.0. The fourth-order valence-electron chi connectivity index (χ4n) is 3.20. The van der Waals surface area contributed by atoms with Crippen LogP contribution in [0.1, 0.15) is 12.8 Å². The molecule has 1 aromatic carbocycles. The van der Waals surface area contributed by atoms with Gasteiger partial charge in [-0.1, -0.05) is 12.1 Å². The Morgan fingerprint density at radius 3 is 2.60 bits per heavy atom. The predicted octanol–water partition coefficient (Wildman–Crippen LogP) is 1.94. The summed E-state index contributed by atoms with van der Waals surface area (Å²) in [6.45, 7) is 4.19. The SMILES string of the molecule is CN1CCN(CC2(C=O)CCOCC2)c2ccccc21. The number of carbonyl (C=O) groups excluding carboxylic acids is 1. The first-order valence-electron chi connectivity index (χ1n) is 7.33. The van der Waals surface area contributed by atoms with E-state index in [1.165, 1.54) is 11.4 Å². The lowest BCUT2D eigenvalue weighted by Crippen LogP contribution is -2.47. The molecule has 2 aliphatic heterocycles. The minimum atomic E-state index is -0.235. The van der Waals surface area contributed by atoms with Crippen LogP contribution in [0.25, 0.3) is 0 Å².